The van der Waals surface area contributed by atoms with Crippen molar-refractivity contribution >= 4 is 17.9 Å². The van der Waals surface area contributed by atoms with E-state index in [0.717, 1.165) is 19.3 Å². The Kier molecular flexibility index (Phi) is 4.39. The minimum atomic E-state index is -1.24. The Bertz CT molecular complexity index is 386. The first kappa shape index (κ1) is 15.3. The lowest BCUT2D eigenvalue weighted by Crippen LogP contribution is -2.62. The molecule has 0 aromatic carbocycles. The molecule has 5 N–H and O–H groups in total. The lowest BCUT2D eigenvalue weighted by molar-refractivity contribution is -0.145. The number of carboxylic acid groups (broad SMARTS) is 1. The van der Waals surface area contributed by atoms with E-state index in [0.29, 0.717) is 12.8 Å². The molecule has 0 spiro atoms. The number of carboxylic acids is 1. The van der Waals surface area contributed by atoms with Crippen molar-refractivity contribution in [1.82, 2.24) is 10.6 Å². The van der Waals surface area contributed by atoms with Crippen LogP contribution in [0.5, 0.6) is 0 Å². The first-order valence-electron chi connectivity index (χ1n) is 6.33. The number of carbonyl (C=O) groups excluding carboxylic acids is 2. The van der Waals surface area contributed by atoms with Gasteiger partial charge in [-0.15, -0.1) is 0 Å². The summed E-state index contributed by atoms with van der Waals surface area (Å²) in [7, 11) is 0. The summed E-state index contributed by atoms with van der Waals surface area (Å²) in [4.78, 5) is 34.4. The Hall–Kier alpha value is -1.79. The summed E-state index contributed by atoms with van der Waals surface area (Å²) in [6.07, 6.45) is 3.27. The molecule has 1 fully saturated rings. The third kappa shape index (κ3) is 3.59. The highest BCUT2D eigenvalue weighted by Gasteiger charge is 2.42. The fraction of sp³-hybridized carbons (Fsp3) is 0.750. The van der Waals surface area contributed by atoms with Crippen molar-refractivity contribution in [3.05, 3.63) is 0 Å². The summed E-state index contributed by atoms with van der Waals surface area (Å²) >= 11 is 0. The van der Waals surface area contributed by atoms with Crippen molar-refractivity contribution < 1.29 is 19.5 Å². The van der Waals surface area contributed by atoms with Gasteiger partial charge in [0.25, 0.3) is 0 Å². The Morgan fingerprint density at radius 3 is 2.11 bits per heavy atom. The molecular formula is C12H21N3O4. The van der Waals surface area contributed by atoms with Gasteiger partial charge in [-0.3, -0.25) is 4.79 Å². The largest absolute Gasteiger partial charge is 0.480 e. The molecule has 0 unspecified atom stereocenters. The number of aliphatic carboxylic acids is 1. The van der Waals surface area contributed by atoms with E-state index in [4.69, 9.17) is 5.73 Å². The van der Waals surface area contributed by atoms with Crippen molar-refractivity contribution in [2.75, 3.05) is 0 Å². The van der Waals surface area contributed by atoms with E-state index >= 15 is 0 Å². The van der Waals surface area contributed by atoms with Crippen LogP contribution < -0.4 is 16.4 Å². The van der Waals surface area contributed by atoms with Crippen LogP contribution in [0.1, 0.15) is 46.0 Å². The van der Waals surface area contributed by atoms with Gasteiger partial charge in [-0.2, -0.15) is 0 Å². The number of amides is 3. The molecule has 1 aliphatic rings. The van der Waals surface area contributed by atoms with Crippen LogP contribution in [0.15, 0.2) is 0 Å². The minimum absolute atomic E-state index is 0.396. The predicted octanol–water partition coefficient (Wildman–Crippen LogP) is 0.337. The first-order chi connectivity index (χ1) is 8.69. The molecule has 1 saturated carbocycles. The number of hydrogen-bond acceptors (Lipinski definition) is 3. The maximum absolute atomic E-state index is 11.8. The molecule has 0 radical (unpaired) electrons. The van der Waals surface area contributed by atoms with E-state index in [1.54, 1.807) is 0 Å². The molecule has 0 atom stereocenters. The Morgan fingerprint density at radius 2 is 1.68 bits per heavy atom. The Labute approximate surface area is 111 Å². The van der Waals surface area contributed by atoms with E-state index < -0.39 is 29.0 Å². The van der Waals surface area contributed by atoms with Crippen LogP contribution in [-0.2, 0) is 9.59 Å². The summed E-state index contributed by atoms with van der Waals surface area (Å²) < 4.78 is 0. The van der Waals surface area contributed by atoms with Crippen LogP contribution in [0.25, 0.3) is 0 Å². The van der Waals surface area contributed by atoms with Crippen molar-refractivity contribution in [1.29, 1.82) is 0 Å². The topological polar surface area (TPSA) is 122 Å². The smallest absolute Gasteiger partial charge is 0.329 e. The molecule has 1 aliphatic carbocycles. The maximum atomic E-state index is 11.8. The lowest BCUT2D eigenvalue weighted by Gasteiger charge is -2.35. The molecule has 0 aromatic rings. The van der Waals surface area contributed by atoms with E-state index in [2.05, 4.69) is 10.6 Å². The average molecular weight is 271 g/mol. The first-order valence-corrected chi connectivity index (χ1v) is 6.33. The number of nitrogens with one attached hydrogen (secondary N) is 2. The molecule has 0 bridgehead atoms. The lowest BCUT2D eigenvalue weighted by atomic mass is 9.82. The molecule has 1 rings (SSSR count). The predicted molar refractivity (Wildman–Crippen MR) is 68.4 cm³/mol. The molecule has 0 aromatic heterocycles. The maximum Gasteiger partial charge on any atom is 0.329 e. The van der Waals surface area contributed by atoms with Crippen LogP contribution in [-0.4, -0.2) is 34.1 Å². The summed E-state index contributed by atoms with van der Waals surface area (Å²) in [6.45, 7) is 2.92. The van der Waals surface area contributed by atoms with E-state index in [1.807, 2.05) is 0 Å². The van der Waals surface area contributed by atoms with Crippen LogP contribution in [0.2, 0.25) is 0 Å². The second-order valence-corrected chi connectivity index (χ2v) is 5.52. The highest BCUT2D eigenvalue weighted by molar-refractivity contribution is 5.91. The standard InChI is InChI=1S/C12H21N3O4/c1-11(2,8(13)16)14-10(19)15-12(9(17)18)6-4-3-5-7-12/h3-7H2,1-2H3,(H2,13,16)(H,17,18)(H2,14,15,19). The van der Waals surface area contributed by atoms with Gasteiger partial charge in [0.15, 0.2) is 0 Å². The normalized spacial score (nSPS) is 18.4. The molecule has 108 valence electrons. The molecule has 0 aliphatic heterocycles. The molecule has 3 amide bonds. The third-order valence-electron chi connectivity index (χ3n) is 3.51. The highest BCUT2D eigenvalue weighted by Crippen LogP contribution is 2.28. The van der Waals surface area contributed by atoms with Gasteiger partial charge in [-0.25, -0.2) is 9.59 Å². The van der Waals surface area contributed by atoms with Gasteiger partial charge in [-0.05, 0) is 26.7 Å². The number of primary amides is 1. The zero-order valence-electron chi connectivity index (χ0n) is 11.3. The number of nitrogens with two attached hydrogens (primary N) is 1. The third-order valence-corrected chi connectivity index (χ3v) is 3.51. The van der Waals surface area contributed by atoms with Crippen LogP contribution in [0, 0.1) is 0 Å². The van der Waals surface area contributed by atoms with Gasteiger partial charge >= 0.3 is 12.0 Å². The number of carbonyl (C=O) groups is 3. The number of hydrogen-bond donors (Lipinski definition) is 4. The second kappa shape index (κ2) is 5.46. The van der Waals surface area contributed by atoms with Crippen LogP contribution in [0.4, 0.5) is 4.79 Å². The molecule has 0 saturated heterocycles. The second-order valence-electron chi connectivity index (χ2n) is 5.52. The number of rotatable bonds is 4. The average Bonchev–Trinajstić information content (AvgIpc) is 2.28. The summed E-state index contributed by atoms with van der Waals surface area (Å²) in [5.74, 6) is -1.73. The van der Waals surface area contributed by atoms with Crippen LogP contribution in [0.3, 0.4) is 0 Å². The summed E-state index contributed by atoms with van der Waals surface area (Å²) in [6, 6.07) is -0.687. The van der Waals surface area contributed by atoms with Gasteiger partial charge in [0.1, 0.15) is 11.1 Å². The molecule has 0 heterocycles. The zero-order valence-corrected chi connectivity index (χ0v) is 11.3. The minimum Gasteiger partial charge on any atom is -0.480 e. The Balaban J connectivity index is 2.73. The highest BCUT2D eigenvalue weighted by atomic mass is 16.4. The fourth-order valence-electron chi connectivity index (χ4n) is 2.14. The molecule has 7 nitrogen and oxygen atoms in total. The number of urea groups is 1. The van der Waals surface area contributed by atoms with Crippen molar-refractivity contribution in [2.45, 2.75) is 57.0 Å². The molecule has 7 heteroatoms. The van der Waals surface area contributed by atoms with E-state index in [-0.39, 0.29) is 0 Å². The van der Waals surface area contributed by atoms with Gasteiger partial charge in [0.2, 0.25) is 5.91 Å². The quantitative estimate of drug-likeness (QED) is 0.588. The van der Waals surface area contributed by atoms with Crippen molar-refractivity contribution in [3.8, 4) is 0 Å². The summed E-state index contributed by atoms with van der Waals surface area (Å²) in [5, 5.41) is 14.2. The van der Waals surface area contributed by atoms with Crippen molar-refractivity contribution in [2.24, 2.45) is 5.73 Å². The van der Waals surface area contributed by atoms with Crippen LogP contribution >= 0.6 is 0 Å². The van der Waals surface area contributed by atoms with E-state index in [1.165, 1.54) is 13.8 Å². The fourth-order valence-corrected chi connectivity index (χ4v) is 2.14. The molecular weight excluding hydrogens is 250 g/mol. The van der Waals surface area contributed by atoms with Gasteiger partial charge in [0.05, 0.1) is 0 Å². The zero-order chi connectivity index (χ0) is 14.7. The SMILES string of the molecule is CC(C)(NC(=O)NC1(C(=O)O)CCCCC1)C(N)=O. The van der Waals surface area contributed by atoms with Gasteiger partial charge in [0, 0.05) is 0 Å². The van der Waals surface area contributed by atoms with Crippen molar-refractivity contribution in [3.63, 3.8) is 0 Å². The van der Waals surface area contributed by atoms with Gasteiger partial charge < -0.3 is 21.5 Å². The summed E-state index contributed by atoms with van der Waals surface area (Å²) in [5.41, 5.74) is 2.68. The van der Waals surface area contributed by atoms with Gasteiger partial charge in [-0.1, -0.05) is 19.3 Å². The Morgan fingerprint density at radius 1 is 1.16 bits per heavy atom. The van der Waals surface area contributed by atoms with E-state index in [9.17, 15) is 19.5 Å². The molecule has 19 heavy (non-hydrogen) atoms. The monoisotopic (exact) mass is 271 g/mol.